The van der Waals surface area contributed by atoms with Gasteiger partial charge in [0.15, 0.2) is 0 Å². The third-order valence-corrected chi connectivity index (χ3v) is 3.26. The quantitative estimate of drug-likeness (QED) is 0.834. The summed E-state index contributed by atoms with van der Waals surface area (Å²) in [5.74, 6) is -2.02. The van der Waals surface area contributed by atoms with Crippen molar-refractivity contribution in [3.05, 3.63) is 24.5 Å². The summed E-state index contributed by atoms with van der Waals surface area (Å²) in [6.07, 6.45) is 6.51. The van der Waals surface area contributed by atoms with Crippen molar-refractivity contribution in [2.45, 2.75) is 25.7 Å². The number of carbonyl (C=O) groups is 2. The molecule has 1 aromatic heterocycles. The van der Waals surface area contributed by atoms with Crippen molar-refractivity contribution < 1.29 is 14.7 Å². The van der Waals surface area contributed by atoms with Gasteiger partial charge in [-0.1, -0.05) is 12.8 Å². The lowest BCUT2D eigenvalue weighted by Gasteiger charge is -2.27. The normalized spacial score (nSPS) is 24.2. The number of nitrogens with one attached hydrogen (secondary N) is 1. The molecule has 0 unspecified atom stereocenters. The second-order valence-electron chi connectivity index (χ2n) is 4.40. The smallest absolute Gasteiger partial charge is 0.307 e. The predicted octanol–water partition coefficient (Wildman–Crippen LogP) is 1.45. The van der Waals surface area contributed by atoms with Gasteiger partial charge in [0.25, 0.3) is 0 Å². The van der Waals surface area contributed by atoms with E-state index >= 15 is 0 Å². The average Bonchev–Trinajstić information content (AvgIpc) is 2.81. The van der Waals surface area contributed by atoms with Gasteiger partial charge in [-0.15, -0.1) is 0 Å². The number of carbonyl (C=O) groups excluding carboxylic acids is 1. The monoisotopic (exact) mass is 236 g/mol. The molecule has 17 heavy (non-hydrogen) atoms. The molecule has 1 amide bonds. The summed E-state index contributed by atoms with van der Waals surface area (Å²) in [6.45, 7) is 0. The Balaban J connectivity index is 2.03. The highest BCUT2D eigenvalue weighted by atomic mass is 16.4. The first-order valence-electron chi connectivity index (χ1n) is 5.85. The molecule has 5 nitrogen and oxygen atoms in total. The first kappa shape index (κ1) is 11.7. The Morgan fingerprint density at radius 3 is 2.29 bits per heavy atom. The van der Waals surface area contributed by atoms with Gasteiger partial charge >= 0.3 is 5.97 Å². The second-order valence-corrected chi connectivity index (χ2v) is 4.40. The molecule has 1 heterocycles. The molecular weight excluding hydrogens is 220 g/mol. The molecule has 5 heteroatoms. The van der Waals surface area contributed by atoms with E-state index in [1.54, 1.807) is 29.2 Å². The average molecular weight is 236 g/mol. The summed E-state index contributed by atoms with van der Waals surface area (Å²) >= 11 is 0. The molecule has 0 aromatic carbocycles. The van der Waals surface area contributed by atoms with Crippen LogP contribution >= 0.6 is 0 Å². The number of aliphatic carboxylic acids is 1. The van der Waals surface area contributed by atoms with Crippen molar-refractivity contribution >= 4 is 11.9 Å². The molecule has 0 bridgehead atoms. The van der Waals surface area contributed by atoms with E-state index in [9.17, 15) is 9.59 Å². The minimum Gasteiger partial charge on any atom is -0.481 e. The fraction of sp³-hybridized carbons (Fsp3) is 0.500. The number of hydrogen-bond donors (Lipinski definition) is 2. The molecule has 0 radical (unpaired) electrons. The molecule has 1 aliphatic rings. The lowest BCUT2D eigenvalue weighted by molar-refractivity contribution is -0.148. The van der Waals surface area contributed by atoms with Gasteiger partial charge in [0, 0.05) is 12.4 Å². The predicted molar refractivity (Wildman–Crippen MR) is 61.9 cm³/mol. The summed E-state index contributed by atoms with van der Waals surface area (Å²) in [6, 6.07) is 3.60. The van der Waals surface area contributed by atoms with E-state index < -0.39 is 17.8 Å². The summed E-state index contributed by atoms with van der Waals surface area (Å²) in [4.78, 5) is 23.1. The number of amides is 1. The van der Waals surface area contributed by atoms with Crippen LogP contribution in [-0.2, 0) is 9.59 Å². The van der Waals surface area contributed by atoms with Crippen LogP contribution in [-0.4, -0.2) is 21.7 Å². The fourth-order valence-corrected chi connectivity index (χ4v) is 2.36. The van der Waals surface area contributed by atoms with Crippen LogP contribution in [0.2, 0.25) is 0 Å². The van der Waals surface area contributed by atoms with Crippen molar-refractivity contribution in [1.82, 2.24) is 4.68 Å². The summed E-state index contributed by atoms with van der Waals surface area (Å²) in [7, 11) is 0. The number of carboxylic acid groups (broad SMARTS) is 1. The van der Waals surface area contributed by atoms with Crippen LogP contribution in [0.4, 0.5) is 0 Å². The van der Waals surface area contributed by atoms with Gasteiger partial charge < -0.3 is 5.11 Å². The van der Waals surface area contributed by atoms with Crippen molar-refractivity contribution in [3.63, 3.8) is 0 Å². The van der Waals surface area contributed by atoms with E-state index in [1.807, 2.05) is 0 Å². The molecule has 0 saturated heterocycles. The Kier molecular flexibility index (Phi) is 3.46. The fourth-order valence-electron chi connectivity index (χ4n) is 2.36. The topological polar surface area (TPSA) is 71.3 Å². The standard InChI is InChI=1S/C12H16N2O3/c15-11(13-14-7-3-4-8-14)9-5-1-2-6-10(9)12(16)17/h3-4,7-10H,1-2,5-6H2,(H,13,15)(H,16,17)/t9-,10+/m1/s1. The Labute approximate surface area is 99.4 Å². The third kappa shape index (κ3) is 2.67. The lowest BCUT2D eigenvalue weighted by atomic mass is 9.79. The van der Waals surface area contributed by atoms with Gasteiger partial charge in [0.1, 0.15) is 0 Å². The van der Waals surface area contributed by atoms with Gasteiger partial charge in [-0.3, -0.25) is 19.7 Å². The van der Waals surface area contributed by atoms with Crippen LogP contribution in [0.1, 0.15) is 25.7 Å². The Morgan fingerprint density at radius 2 is 1.71 bits per heavy atom. The zero-order chi connectivity index (χ0) is 12.3. The van der Waals surface area contributed by atoms with Crippen LogP contribution in [0, 0.1) is 11.8 Å². The SMILES string of the molecule is O=C(O)[C@H]1CCCC[C@H]1C(=O)Nn1cccc1. The minimum absolute atomic E-state index is 0.201. The maximum Gasteiger partial charge on any atom is 0.307 e. The van der Waals surface area contributed by atoms with Crippen LogP contribution in [0.25, 0.3) is 0 Å². The molecule has 1 aromatic rings. The van der Waals surface area contributed by atoms with E-state index in [0.29, 0.717) is 12.8 Å². The second kappa shape index (κ2) is 5.03. The number of aromatic nitrogens is 1. The van der Waals surface area contributed by atoms with Gasteiger partial charge in [-0.05, 0) is 25.0 Å². The minimum atomic E-state index is -0.864. The van der Waals surface area contributed by atoms with Gasteiger partial charge in [0.05, 0.1) is 11.8 Å². The first-order valence-corrected chi connectivity index (χ1v) is 5.85. The highest BCUT2D eigenvalue weighted by molar-refractivity contribution is 5.90. The molecule has 1 fully saturated rings. The van der Waals surface area contributed by atoms with E-state index in [4.69, 9.17) is 5.11 Å². The highest BCUT2D eigenvalue weighted by Crippen LogP contribution is 2.30. The molecular formula is C12H16N2O3. The number of rotatable bonds is 3. The maximum atomic E-state index is 12.0. The zero-order valence-electron chi connectivity index (χ0n) is 9.50. The van der Waals surface area contributed by atoms with Crippen molar-refractivity contribution in [1.29, 1.82) is 0 Å². The summed E-state index contributed by atoms with van der Waals surface area (Å²) in [5, 5.41) is 9.10. The number of nitrogens with zero attached hydrogens (tertiary/aromatic N) is 1. The van der Waals surface area contributed by atoms with Gasteiger partial charge in [0.2, 0.25) is 5.91 Å². The molecule has 0 aliphatic heterocycles. The maximum absolute atomic E-state index is 12.0. The Morgan fingerprint density at radius 1 is 1.12 bits per heavy atom. The van der Waals surface area contributed by atoms with Crippen molar-refractivity contribution in [3.8, 4) is 0 Å². The zero-order valence-corrected chi connectivity index (χ0v) is 9.50. The lowest BCUT2D eigenvalue weighted by Crippen LogP contribution is -2.38. The Hall–Kier alpha value is -1.78. The van der Waals surface area contributed by atoms with Crippen molar-refractivity contribution in [2.75, 3.05) is 5.43 Å². The number of hydrogen-bond acceptors (Lipinski definition) is 2. The van der Waals surface area contributed by atoms with Gasteiger partial charge in [-0.25, -0.2) is 0 Å². The number of carboxylic acids is 1. The van der Waals surface area contributed by atoms with Crippen molar-refractivity contribution in [2.24, 2.45) is 11.8 Å². The molecule has 92 valence electrons. The molecule has 1 saturated carbocycles. The van der Waals surface area contributed by atoms with E-state index in [1.165, 1.54) is 0 Å². The van der Waals surface area contributed by atoms with Crippen LogP contribution < -0.4 is 5.43 Å². The van der Waals surface area contributed by atoms with Crippen LogP contribution in [0.5, 0.6) is 0 Å². The Bertz CT molecular complexity index is 400. The summed E-state index contributed by atoms with van der Waals surface area (Å²) in [5.41, 5.74) is 2.69. The highest BCUT2D eigenvalue weighted by Gasteiger charge is 2.35. The van der Waals surface area contributed by atoms with Crippen LogP contribution in [0.15, 0.2) is 24.5 Å². The van der Waals surface area contributed by atoms with Crippen LogP contribution in [0.3, 0.4) is 0 Å². The van der Waals surface area contributed by atoms with E-state index in [2.05, 4.69) is 5.43 Å². The van der Waals surface area contributed by atoms with Gasteiger partial charge in [-0.2, -0.15) is 0 Å². The molecule has 0 spiro atoms. The summed E-state index contributed by atoms with van der Waals surface area (Å²) < 4.78 is 1.55. The largest absolute Gasteiger partial charge is 0.481 e. The molecule has 2 N–H and O–H groups in total. The third-order valence-electron chi connectivity index (χ3n) is 3.26. The van der Waals surface area contributed by atoms with E-state index in [-0.39, 0.29) is 5.91 Å². The molecule has 2 rings (SSSR count). The molecule has 1 aliphatic carbocycles. The molecule has 2 atom stereocenters. The first-order chi connectivity index (χ1) is 8.18. The van der Waals surface area contributed by atoms with E-state index in [0.717, 1.165) is 12.8 Å².